The Labute approximate surface area is 90.1 Å². The van der Waals surface area contributed by atoms with Crippen LogP contribution in [0.5, 0.6) is 0 Å². The molecule has 1 heterocycles. The highest BCUT2D eigenvalue weighted by Crippen LogP contribution is 2.58. The minimum absolute atomic E-state index is 0.0323. The Balaban J connectivity index is 1.53. The molecule has 1 saturated heterocycles. The van der Waals surface area contributed by atoms with Crippen LogP contribution in [0.2, 0.25) is 0 Å². The van der Waals surface area contributed by atoms with Crippen LogP contribution < -0.4 is 0 Å². The molecule has 0 amide bonds. The SMILES string of the molecule is CCCCOC(=O)[C@@H]1C[C@H]2C[C@H]1[C@@H]1O[C@@H]21. The summed E-state index contributed by atoms with van der Waals surface area (Å²) in [7, 11) is 0. The monoisotopic (exact) mass is 210 g/mol. The van der Waals surface area contributed by atoms with Gasteiger partial charge < -0.3 is 9.47 Å². The van der Waals surface area contributed by atoms with Crippen molar-refractivity contribution < 1.29 is 14.3 Å². The van der Waals surface area contributed by atoms with Gasteiger partial charge in [0.05, 0.1) is 24.7 Å². The maximum atomic E-state index is 11.8. The molecule has 3 nitrogen and oxygen atoms in total. The Bertz CT molecular complexity index is 276. The predicted octanol–water partition coefficient (Wildman–Crippen LogP) is 1.75. The van der Waals surface area contributed by atoms with Gasteiger partial charge in [-0.25, -0.2) is 0 Å². The van der Waals surface area contributed by atoms with Gasteiger partial charge in [-0.05, 0) is 25.2 Å². The Hall–Kier alpha value is -0.570. The first-order valence-electron chi connectivity index (χ1n) is 6.13. The predicted molar refractivity (Wildman–Crippen MR) is 54.2 cm³/mol. The van der Waals surface area contributed by atoms with Crippen LogP contribution in [0.3, 0.4) is 0 Å². The lowest BCUT2D eigenvalue weighted by molar-refractivity contribution is -0.150. The summed E-state index contributed by atoms with van der Waals surface area (Å²) in [4.78, 5) is 11.8. The van der Waals surface area contributed by atoms with Gasteiger partial charge >= 0.3 is 5.97 Å². The minimum Gasteiger partial charge on any atom is -0.465 e. The van der Waals surface area contributed by atoms with E-state index in [-0.39, 0.29) is 11.9 Å². The van der Waals surface area contributed by atoms with Gasteiger partial charge in [-0.2, -0.15) is 0 Å². The van der Waals surface area contributed by atoms with Crippen molar-refractivity contribution in [2.75, 3.05) is 6.61 Å². The van der Waals surface area contributed by atoms with Crippen LogP contribution in [-0.2, 0) is 14.3 Å². The standard InChI is InChI=1S/C12H18O3/c1-2-3-4-14-12(13)9-6-7-5-8(9)11-10(7)15-11/h7-11H,2-6H2,1H3/t7-,8-,9-,10+,11+/m1/s1. The topological polar surface area (TPSA) is 38.8 Å². The molecular formula is C12H18O3. The fourth-order valence-electron chi connectivity index (χ4n) is 3.30. The van der Waals surface area contributed by atoms with Crippen molar-refractivity contribution in [3.63, 3.8) is 0 Å². The summed E-state index contributed by atoms with van der Waals surface area (Å²) in [5.41, 5.74) is 0. The molecule has 5 atom stereocenters. The third kappa shape index (κ3) is 1.48. The second kappa shape index (κ2) is 3.48. The molecule has 0 N–H and O–H groups in total. The first-order chi connectivity index (χ1) is 7.31. The lowest BCUT2D eigenvalue weighted by Gasteiger charge is -2.17. The summed E-state index contributed by atoms with van der Waals surface area (Å²) < 4.78 is 10.8. The molecule has 2 saturated carbocycles. The number of rotatable bonds is 4. The maximum Gasteiger partial charge on any atom is 0.309 e. The van der Waals surface area contributed by atoms with Crippen molar-refractivity contribution in [1.82, 2.24) is 0 Å². The average molecular weight is 210 g/mol. The molecule has 15 heavy (non-hydrogen) atoms. The van der Waals surface area contributed by atoms with Crippen LogP contribution in [0.15, 0.2) is 0 Å². The summed E-state index contributed by atoms with van der Waals surface area (Å²) in [6, 6.07) is 0. The molecule has 3 fully saturated rings. The Morgan fingerprint density at radius 3 is 2.93 bits per heavy atom. The molecule has 0 aromatic carbocycles. The fourth-order valence-corrected chi connectivity index (χ4v) is 3.30. The van der Waals surface area contributed by atoms with Crippen molar-refractivity contribution in [3.8, 4) is 0 Å². The van der Waals surface area contributed by atoms with Crippen LogP contribution in [0.25, 0.3) is 0 Å². The zero-order chi connectivity index (χ0) is 10.4. The molecule has 3 heteroatoms. The fraction of sp³-hybridized carbons (Fsp3) is 0.917. The zero-order valence-corrected chi connectivity index (χ0v) is 9.15. The van der Waals surface area contributed by atoms with Gasteiger partial charge in [0.1, 0.15) is 0 Å². The minimum atomic E-state index is 0.0323. The van der Waals surface area contributed by atoms with E-state index < -0.39 is 0 Å². The highest BCUT2D eigenvalue weighted by atomic mass is 16.6. The highest BCUT2D eigenvalue weighted by Gasteiger charge is 2.64. The number of hydrogen-bond donors (Lipinski definition) is 0. The number of esters is 1. The molecule has 2 aliphatic carbocycles. The number of unbranched alkanes of at least 4 members (excludes halogenated alkanes) is 1. The molecule has 3 rings (SSSR count). The molecule has 0 unspecified atom stereocenters. The van der Waals surface area contributed by atoms with Gasteiger partial charge in [-0.1, -0.05) is 13.3 Å². The van der Waals surface area contributed by atoms with Crippen molar-refractivity contribution in [2.24, 2.45) is 17.8 Å². The second-order valence-electron chi connectivity index (χ2n) is 5.09. The maximum absolute atomic E-state index is 11.8. The molecule has 0 radical (unpaired) electrons. The van der Waals surface area contributed by atoms with Crippen molar-refractivity contribution in [3.05, 3.63) is 0 Å². The number of epoxide rings is 1. The lowest BCUT2D eigenvalue weighted by atomic mass is 9.89. The van der Waals surface area contributed by atoms with Gasteiger partial charge in [0.15, 0.2) is 0 Å². The zero-order valence-electron chi connectivity index (χ0n) is 9.15. The van der Waals surface area contributed by atoms with Crippen LogP contribution in [0.1, 0.15) is 32.6 Å². The van der Waals surface area contributed by atoms with Gasteiger partial charge in [0.25, 0.3) is 0 Å². The van der Waals surface area contributed by atoms with E-state index in [1.807, 2.05) is 0 Å². The molecule has 3 aliphatic rings. The molecule has 84 valence electrons. The number of hydrogen-bond acceptors (Lipinski definition) is 3. The molecule has 0 aromatic heterocycles. The molecule has 0 spiro atoms. The Kier molecular flexibility index (Phi) is 2.23. The Morgan fingerprint density at radius 2 is 2.27 bits per heavy atom. The van der Waals surface area contributed by atoms with Crippen molar-refractivity contribution in [1.29, 1.82) is 0 Å². The number of fused-ring (bicyclic) bond motifs is 5. The summed E-state index contributed by atoms with van der Waals surface area (Å²) in [6.45, 7) is 2.70. The smallest absolute Gasteiger partial charge is 0.309 e. The van der Waals surface area contributed by atoms with E-state index in [4.69, 9.17) is 9.47 Å². The van der Waals surface area contributed by atoms with Gasteiger partial charge in [0.2, 0.25) is 0 Å². The molecule has 0 aromatic rings. The third-order valence-electron chi connectivity index (χ3n) is 4.14. The van der Waals surface area contributed by atoms with E-state index >= 15 is 0 Å². The molecular weight excluding hydrogens is 192 g/mol. The van der Waals surface area contributed by atoms with E-state index in [0.717, 1.165) is 19.3 Å². The van der Waals surface area contributed by atoms with Crippen LogP contribution in [-0.4, -0.2) is 24.8 Å². The van der Waals surface area contributed by atoms with E-state index in [1.165, 1.54) is 6.42 Å². The molecule has 2 bridgehead atoms. The first-order valence-corrected chi connectivity index (χ1v) is 6.13. The summed E-state index contributed by atoms with van der Waals surface area (Å²) >= 11 is 0. The lowest BCUT2D eigenvalue weighted by Crippen LogP contribution is -2.27. The average Bonchev–Trinajstić information content (AvgIpc) is 2.84. The summed E-state index contributed by atoms with van der Waals surface area (Å²) in [5, 5.41) is 0. The summed E-state index contributed by atoms with van der Waals surface area (Å²) in [5.74, 6) is 1.32. The van der Waals surface area contributed by atoms with Crippen molar-refractivity contribution in [2.45, 2.75) is 44.8 Å². The Morgan fingerprint density at radius 1 is 1.40 bits per heavy atom. The number of carbonyl (C=O) groups is 1. The van der Waals surface area contributed by atoms with Crippen LogP contribution in [0, 0.1) is 17.8 Å². The second-order valence-corrected chi connectivity index (χ2v) is 5.09. The van der Waals surface area contributed by atoms with Crippen molar-refractivity contribution >= 4 is 5.97 Å². The quantitative estimate of drug-likeness (QED) is 0.403. The number of ether oxygens (including phenoxy) is 2. The summed E-state index contributed by atoms with van der Waals surface area (Å²) in [6.07, 6.45) is 5.19. The highest BCUT2D eigenvalue weighted by molar-refractivity contribution is 5.74. The van der Waals surface area contributed by atoms with Gasteiger partial charge in [-0.3, -0.25) is 4.79 Å². The van der Waals surface area contributed by atoms with Gasteiger partial charge in [0, 0.05) is 5.92 Å². The van der Waals surface area contributed by atoms with E-state index in [9.17, 15) is 4.79 Å². The third-order valence-corrected chi connectivity index (χ3v) is 4.14. The van der Waals surface area contributed by atoms with Gasteiger partial charge in [-0.15, -0.1) is 0 Å². The van der Waals surface area contributed by atoms with Crippen LogP contribution >= 0.6 is 0 Å². The van der Waals surface area contributed by atoms with Crippen LogP contribution in [0.4, 0.5) is 0 Å². The normalized spacial score (nSPS) is 45.3. The number of carbonyl (C=O) groups excluding carboxylic acids is 1. The molecule has 1 aliphatic heterocycles. The van der Waals surface area contributed by atoms with E-state index in [0.29, 0.717) is 30.7 Å². The first kappa shape index (κ1) is 9.64. The largest absolute Gasteiger partial charge is 0.465 e. The van der Waals surface area contributed by atoms with E-state index in [2.05, 4.69) is 6.92 Å². The van der Waals surface area contributed by atoms with E-state index in [1.54, 1.807) is 0 Å².